The highest BCUT2D eigenvalue weighted by atomic mass is 32.2. The summed E-state index contributed by atoms with van der Waals surface area (Å²) in [5, 5.41) is 15.9. The highest BCUT2D eigenvalue weighted by Gasteiger charge is 2.26. The highest BCUT2D eigenvalue weighted by Crippen LogP contribution is 2.39. The van der Waals surface area contributed by atoms with E-state index in [9.17, 15) is 4.79 Å². The summed E-state index contributed by atoms with van der Waals surface area (Å²) in [6.45, 7) is 2.00. The third-order valence-corrected chi connectivity index (χ3v) is 6.51. The van der Waals surface area contributed by atoms with Gasteiger partial charge in [-0.15, -0.1) is 21.5 Å². The van der Waals surface area contributed by atoms with Crippen LogP contribution in [-0.4, -0.2) is 60.2 Å². The van der Waals surface area contributed by atoms with Crippen molar-refractivity contribution in [1.82, 2.24) is 14.9 Å². The summed E-state index contributed by atoms with van der Waals surface area (Å²) < 4.78 is 23.3. The quantitative estimate of drug-likeness (QED) is 0.348. The molecule has 0 amide bonds. The Kier molecular flexibility index (Phi) is 6.99. The lowest BCUT2D eigenvalue weighted by Crippen LogP contribution is -2.21. The Morgan fingerprint density at radius 3 is 2.52 bits per heavy atom. The molecule has 1 aliphatic rings. The van der Waals surface area contributed by atoms with Crippen molar-refractivity contribution in [3.8, 4) is 28.0 Å². The van der Waals surface area contributed by atoms with Crippen molar-refractivity contribution < 1.29 is 23.7 Å². The monoisotopic (exact) mass is 486 g/mol. The number of thioether (sulfide) groups is 1. The van der Waals surface area contributed by atoms with Crippen LogP contribution in [0.3, 0.4) is 0 Å². The fourth-order valence-electron chi connectivity index (χ4n) is 3.24. The second kappa shape index (κ2) is 10.1. The van der Waals surface area contributed by atoms with Gasteiger partial charge in [0.15, 0.2) is 17.3 Å². The van der Waals surface area contributed by atoms with Crippen molar-refractivity contribution in [2.24, 2.45) is 5.10 Å². The number of hydrogen-bond donors (Lipinski definition) is 0. The first kappa shape index (κ1) is 22.9. The molecule has 4 rings (SSSR count). The van der Waals surface area contributed by atoms with Crippen LogP contribution in [0, 0.1) is 0 Å². The van der Waals surface area contributed by atoms with E-state index in [4.69, 9.17) is 24.0 Å². The Hall–Kier alpha value is -3.31. The van der Waals surface area contributed by atoms with Gasteiger partial charge in [0.25, 0.3) is 0 Å². The minimum atomic E-state index is -0.472. The van der Waals surface area contributed by atoms with Crippen LogP contribution in [0.5, 0.6) is 17.2 Å². The molecule has 0 bridgehead atoms. The van der Waals surface area contributed by atoms with Gasteiger partial charge in [0.1, 0.15) is 0 Å². The lowest BCUT2D eigenvalue weighted by Gasteiger charge is -2.16. The molecule has 1 aromatic carbocycles. The Balaban J connectivity index is 1.82. The first-order valence-corrected chi connectivity index (χ1v) is 11.8. The second-order valence-electron chi connectivity index (χ2n) is 6.67. The lowest BCUT2D eigenvalue weighted by atomic mass is 10.1. The molecule has 1 aliphatic heterocycles. The number of esters is 1. The summed E-state index contributed by atoms with van der Waals surface area (Å²) in [6.07, 6.45) is 1.71. The standard InChI is InChI=1S/C22H22N4O5S2/c1-5-31-21(27)14(9-13-10-16(28-2)19(30-4)17(11-13)29-3)15-12-33-22-24-23-20(26(22)25-15)18-7-6-8-32-18/h6-11H,5,12H2,1-4H3/b14-9-. The van der Waals surface area contributed by atoms with E-state index in [0.717, 1.165) is 4.88 Å². The maximum atomic E-state index is 12.9. The second-order valence-corrected chi connectivity index (χ2v) is 8.56. The molecule has 0 atom stereocenters. The van der Waals surface area contributed by atoms with Gasteiger partial charge in [-0.05, 0) is 42.1 Å². The van der Waals surface area contributed by atoms with Crippen molar-refractivity contribution >= 4 is 40.9 Å². The number of hydrogen-bond acceptors (Lipinski definition) is 10. The number of nitrogens with zero attached hydrogens (tertiary/aromatic N) is 4. The van der Waals surface area contributed by atoms with E-state index in [-0.39, 0.29) is 6.61 Å². The number of methoxy groups -OCH3 is 3. The van der Waals surface area contributed by atoms with E-state index in [1.165, 1.54) is 18.9 Å². The first-order chi connectivity index (χ1) is 16.1. The largest absolute Gasteiger partial charge is 0.493 e. The summed E-state index contributed by atoms with van der Waals surface area (Å²) in [6, 6.07) is 7.42. The zero-order chi connectivity index (χ0) is 23.4. The van der Waals surface area contributed by atoms with Crippen molar-refractivity contribution in [2.75, 3.05) is 33.7 Å². The minimum Gasteiger partial charge on any atom is -0.493 e. The van der Waals surface area contributed by atoms with Crippen LogP contribution < -0.4 is 14.2 Å². The minimum absolute atomic E-state index is 0.240. The van der Waals surface area contributed by atoms with Crippen LogP contribution >= 0.6 is 23.1 Å². The number of thiophene rings is 1. The highest BCUT2D eigenvalue weighted by molar-refractivity contribution is 7.99. The fourth-order valence-corrected chi connectivity index (χ4v) is 4.76. The molecule has 0 N–H and O–H groups in total. The molecule has 11 heteroatoms. The van der Waals surface area contributed by atoms with Crippen molar-refractivity contribution in [1.29, 1.82) is 0 Å². The number of fused-ring (bicyclic) bond motifs is 1. The van der Waals surface area contributed by atoms with Crippen LogP contribution in [0.1, 0.15) is 12.5 Å². The Morgan fingerprint density at radius 2 is 1.91 bits per heavy atom. The zero-order valence-electron chi connectivity index (χ0n) is 18.5. The van der Waals surface area contributed by atoms with E-state index >= 15 is 0 Å². The molecule has 3 aromatic rings. The number of benzene rings is 1. The number of carbonyl (C=O) groups is 1. The average molecular weight is 487 g/mol. The third kappa shape index (κ3) is 4.60. The molecule has 0 saturated carbocycles. The Bertz CT molecular complexity index is 1190. The van der Waals surface area contributed by atoms with Gasteiger partial charge in [0.2, 0.25) is 10.9 Å². The van der Waals surface area contributed by atoms with Gasteiger partial charge in [-0.25, -0.2) is 4.79 Å². The van der Waals surface area contributed by atoms with Gasteiger partial charge in [-0.2, -0.15) is 9.78 Å². The van der Waals surface area contributed by atoms with E-state index < -0.39 is 5.97 Å². The van der Waals surface area contributed by atoms with Gasteiger partial charge in [-0.3, -0.25) is 0 Å². The summed E-state index contributed by atoms with van der Waals surface area (Å²) in [5.74, 6) is 2.02. The molecule has 0 radical (unpaired) electrons. The normalized spacial score (nSPS) is 13.2. The SMILES string of the molecule is CCOC(=O)/C(=C\c1cc(OC)c(OC)c(OC)c1)C1=Nn2c(nnc2-c2cccs2)SC1. The summed E-state index contributed by atoms with van der Waals surface area (Å²) in [4.78, 5) is 13.9. The predicted octanol–water partition coefficient (Wildman–Crippen LogP) is 3.99. The van der Waals surface area contributed by atoms with Crippen molar-refractivity contribution in [3.05, 3.63) is 40.8 Å². The third-order valence-electron chi connectivity index (χ3n) is 4.72. The summed E-state index contributed by atoms with van der Waals surface area (Å²) in [7, 11) is 4.62. The maximum Gasteiger partial charge on any atom is 0.340 e. The van der Waals surface area contributed by atoms with Crippen LogP contribution in [0.25, 0.3) is 16.8 Å². The molecule has 0 unspecified atom stereocenters. The molecule has 0 fully saturated rings. The summed E-state index contributed by atoms with van der Waals surface area (Å²) in [5.41, 5.74) is 1.56. The molecule has 172 valence electrons. The van der Waals surface area contributed by atoms with Gasteiger partial charge in [-0.1, -0.05) is 17.8 Å². The van der Waals surface area contributed by atoms with E-state index in [1.807, 2.05) is 17.5 Å². The molecular weight excluding hydrogens is 464 g/mol. The average Bonchev–Trinajstić information content (AvgIpc) is 3.51. The van der Waals surface area contributed by atoms with Gasteiger partial charge in [0, 0.05) is 5.75 Å². The van der Waals surface area contributed by atoms with Gasteiger partial charge >= 0.3 is 5.97 Å². The van der Waals surface area contributed by atoms with Crippen molar-refractivity contribution in [3.63, 3.8) is 0 Å². The van der Waals surface area contributed by atoms with E-state index in [2.05, 4.69) is 10.2 Å². The Labute approximate surface area is 199 Å². The van der Waals surface area contributed by atoms with Crippen LogP contribution in [0.15, 0.2) is 45.5 Å². The Morgan fingerprint density at radius 1 is 1.15 bits per heavy atom. The molecule has 2 aromatic heterocycles. The molecule has 0 saturated heterocycles. The van der Waals surface area contributed by atoms with Crippen LogP contribution in [0.4, 0.5) is 0 Å². The van der Waals surface area contributed by atoms with Crippen molar-refractivity contribution in [2.45, 2.75) is 12.1 Å². The molecule has 0 aliphatic carbocycles. The molecule has 0 spiro atoms. The van der Waals surface area contributed by atoms with Crippen LogP contribution in [0.2, 0.25) is 0 Å². The summed E-state index contributed by atoms with van der Waals surface area (Å²) >= 11 is 3.00. The first-order valence-electron chi connectivity index (χ1n) is 9.98. The van der Waals surface area contributed by atoms with Gasteiger partial charge in [0.05, 0.1) is 44.1 Å². The molecule has 33 heavy (non-hydrogen) atoms. The number of rotatable bonds is 8. The fraction of sp³-hybridized carbons (Fsp3) is 0.273. The molecule has 3 heterocycles. The lowest BCUT2D eigenvalue weighted by molar-refractivity contribution is -0.137. The van der Waals surface area contributed by atoms with E-state index in [1.54, 1.807) is 55.4 Å². The number of carbonyl (C=O) groups excluding carboxylic acids is 1. The molecule has 9 nitrogen and oxygen atoms in total. The van der Waals surface area contributed by atoms with E-state index in [0.29, 0.717) is 50.8 Å². The topological polar surface area (TPSA) is 97.1 Å². The smallest absolute Gasteiger partial charge is 0.340 e. The number of ether oxygens (including phenoxy) is 4. The number of aromatic nitrogens is 3. The van der Waals surface area contributed by atoms with Crippen LogP contribution in [-0.2, 0) is 9.53 Å². The zero-order valence-corrected chi connectivity index (χ0v) is 20.2. The van der Waals surface area contributed by atoms with Gasteiger partial charge < -0.3 is 18.9 Å². The molecular formula is C22H22N4O5S2. The maximum absolute atomic E-state index is 12.9. The predicted molar refractivity (Wildman–Crippen MR) is 128 cm³/mol.